The zero-order valence-corrected chi connectivity index (χ0v) is 11.4. The van der Waals surface area contributed by atoms with Gasteiger partial charge in [-0.3, -0.25) is 10.1 Å². The molecule has 0 aliphatic carbocycles. The van der Waals surface area contributed by atoms with E-state index in [1.54, 1.807) is 0 Å². The van der Waals surface area contributed by atoms with Gasteiger partial charge in [0.15, 0.2) is 0 Å². The summed E-state index contributed by atoms with van der Waals surface area (Å²) in [4.78, 5) is 11.6. The summed E-state index contributed by atoms with van der Waals surface area (Å²) in [5.74, 6) is 0.355. The molecule has 0 aliphatic heterocycles. The average Bonchev–Trinajstić information content (AvgIpc) is 2.64. The molecule has 5 nitrogen and oxygen atoms in total. The zero-order chi connectivity index (χ0) is 12.8. The molecule has 3 N–H and O–H groups in total. The van der Waals surface area contributed by atoms with E-state index in [0.29, 0.717) is 17.5 Å². The first-order valence-corrected chi connectivity index (χ1v) is 6.73. The summed E-state index contributed by atoms with van der Waals surface area (Å²) < 4.78 is 0. The van der Waals surface area contributed by atoms with Crippen LogP contribution in [0.4, 0.5) is 5.13 Å². The Balaban J connectivity index is 2.51. The van der Waals surface area contributed by atoms with Crippen LogP contribution in [0.15, 0.2) is 0 Å². The zero-order valence-electron chi connectivity index (χ0n) is 10.6. The molecule has 0 spiro atoms. The van der Waals surface area contributed by atoms with E-state index in [9.17, 15) is 4.79 Å². The number of carbonyl (C=O) groups is 1. The van der Waals surface area contributed by atoms with Gasteiger partial charge in [0.2, 0.25) is 11.0 Å². The molecule has 0 bridgehead atoms. The first-order valence-electron chi connectivity index (χ1n) is 5.91. The van der Waals surface area contributed by atoms with Crippen molar-refractivity contribution in [3.05, 3.63) is 5.01 Å². The molecule has 0 saturated carbocycles. The molecule has 1 atom stereocenters. The van der Waals surface area contributed by atoms with Crippen molar-refractivity contribution < 1.29 is 4.79 Å². The van der Waals surface area contributed by atoms with Gasteiger partial charge in [0.1, 0.15) is 5.01 Å². The standard InChI is InChI=1S/C11H20N4OS/c1-4-5-8(12)10(16)13-11-15-14-9(17-11)6-7(2)3/h7-8H,4-6,12H2,1-3H3,(H,13,15,16)/t8-/m1/s1. The van der Waals surface area contributed by atoms with Crippen molar-refractivity contribution in [2.45, 2.75) is 46.1 Å². The molecule has 0 radical (unpaired) electrons. The normalized spacial score (nSPS) is 12.8. The van der Waals surface area contributed by atoms with Gasteiger partial charge in [0.25, 0.3) is 0 Å². The topological polar surface area (TPSA) is 80.9 Å². The number of aromatic nitrogens is 2. The number of nitrogens with one attached hydrogen (secondary N) is 1. The minimum Gasteiger partial charge on any atom is -0.320 e. The molecule has 0 aliphatic rings. The van der Waals surface area contributed by atoms with Gasteiger partial charge in [-0.25, -0.2) is 0 Å². The van der Waals surface area contributed by atoms with Crippen molar-refractivity contribution in [2.75, 3.05) is 5.32 Å². The summed E-state index contributed by atoms with van der Waals surface area (Å²) in [6.45, 7) is 6.24. The first-order chi connectivity index (χ1) is 8.02. The third kappa shape index (κ3) is 4.79. The summed E-state index contributed by atoms with van der Waals surface area (Å²) in [6.07, 6.45) is 2.46. The fourth-order valence-corrected chi connectivity index (χ4v) is 2.33. The predicted molar refractivity (Wildman–Crippen MR) is 70.0 cm³/mol. The molecular weight excluding hydrogens is 236 g/mol. The van der Waals surface area contributed by atoms with E-state index in [0.717, 1.165) is 17.8 Å². The van der Waals surface area contributed by atoms with Crippen molar-refractivity contribution in [3.8, 4) is 0 Å². The highest BCUT2D eigenvalue weighted by Gasteiger charge is 2.14. The number of anilines is 1. The molecule has 1 aromatic rings. The number of hydrogen-bond acceptors (Lipinski definition) is 5. The molecule has 0 fully saturated rings. The smallest absolute Gasteiger partial charge is 0.243 e. The summed E-state index contributed by atoms with van der Waals surface area (Å²) in [5.41, 5.74) is 5.71. The summed E-state index contributed by atoms with van der Waals surface area (Å²) in [7, 11) is 0. The number of nitrogens with zero attached hydrogens (tertiary/aromatic N) is 2. The SMILES string of the molecule is CCC[C@@H](N)C(=O)Nc1nnc(CC(C)C)s1. The fraction of sp³-hybridized carbons (Fsp3) is 0.727. The molecule has 0 aromatic carbocycles. The molecule has 96 valence electrons. The Morgan fingerprint density at radius 1 is 1.47 bits per heavy atom. The highest BCUT2D eigenvalue weighted by molar-refractivity contribution is 7.15. The predicted octanol–water partition coefficient (Wildman–Crippen LogP) is 1.80. The number of hydrogen-bond donors (Lipinski definition) is 2. The lowest BCUT2D eigenvalue weighted by molar-refractivity contribution is -0.117. The molecule has 1 amide bonds. The lowest BCUT2D eigenvalue weighted by Crippen LogP contribution is -2.35. The second-order valence-corrected chi connectivity index (χ2v) is 5.55. The Morgan fingerprint density at radius 2 is 2.18 bits per heavy atom. The Labute approximate surface area is 106 Å². The van der Waals surface area contributed by atoms with Gasteiger partial charge >= 0.3 is 0 Å². The van der Waals surface area contributed by atoms with Gasteiger partial charge in [-0.2, -0.15) is 0 Å². The van der Waals surface area contributed by atoms with Crippen LogP contribution in [0.25, 0.3) is 0 Å². The van der Waals surface area contributed by atoms with Crippen molar-refractivity contribution >= 4 is 22.4 Å². The highest BCUT2D eigenvalue weighted by Crippen LogP contribution is 2.18. The number of amides is 1. The van der Waals surface area contributed by atoms with Crippen molar-refractivity contribution in [1.29, 1.82) is 0 Å². The first kappa shape index (κ1) is 14.1. The van der Waals surface area contributed by atoms with Crippen LogP contribution in [0.3, 0.4) is 0 Å². The van der Waals surface area contributed by atoms with E-state index >= 15 is 0 Å². The highest BCUT2D eigenvalue weighted by atomic mass is 32.1. The van der Waals surface area contributed by atoms with Crippen LogP contribution in [0.1, 0.15) is 38.6 Å². The summed E-state index contributed by atoms with van der Waals surface area (Å²) >= 11 is 1.42. The molecule has 1 aromatic heterocycles. The maximum Gasteiger partial charge on any atom is 0.243 e. The van der Waals surface area contributed by atoms with Crippen LogP contribution in [0.5, 0.6) is 0 Å². The summed E-state index contributed by atoms with van der Waals surface area (Å²) in [5, 5.41) is 12.1. The van der Waals surface area contributed by atoms with Crippen LogP contribution in [0.2, 0.25) is 0 Å². The van der Waals surface area contributed by atoms with Crippen molar-refractivity contribution in [2.24, 2.45) is 11.7 Å². The van der Waals surface area contributed by atoms with Gasteiger partial charge in [0, 0.05) is 6.42 Å². The van der Waals surface area contributed by atoms with Crippen molar-refractivity contribution in [3.63, 3.8) is 0 Å². The molecule has 1 rings (SSSR count). The average molecular weight is 256 g/mol. The van der Waals surface area contributed by atoms with Crippen LogP contribution < -0.4 is 11.1 Å². The molecule has 0 saturated heterocycles. The van der Waals surface area contributed by atoms with Crippen LogP contribution in [0, 0.1) is 5.92 Å². The minimum atomic E-state index is -0.461. The van der Waals surface area contributed by atoms with Gasteiger partial charge in [-0.15, -0.1) is 10.2 Å². The second-order valence-electron chi connectivity index (χ2n) is 4.48. The van der Waals surface area contributed by atoms with Gasteiger partial charge in [-0.05, 0) is 12.3 Å². The van der Waals surface area contributed by atoms with E-state index in [4.69, 9.17) is 5.73 Å². The van der Waals surface area contributed by atoms with Crippen molar-refractivity contribution in [1.82, 2.24) is 10.2 Å². The van der Waals surface area contributed by atoms with E-state index < -0.39 is 6.04 Å². The molecule has 1 heterocycles. The van der Waals surface area contributed by atoms with Crippen LogP contribution >= 0.6 is 11.3 Å². The molecule has 0 unspecified atom stereocenters. The molecule has 17 heavy (non-hydrogen) atoms. The summed E-state index contributed by atoms with van der Waals surface area (Å²) in [6, 6.07) is -0.461. The Hall–Kier alpha value is -1.01. The van der Waals surface area contributed by atoms with Gasteiger partial charge in [-0.1, -0.05) is 38.5 Å². The van der Waals surface area contributed by atoms with Crippen LogP contribution in [-0.4, -0.2) is 22.1 Å². The van der Waals surface area contributed by atoms with E-state index in [2.05, 4.69) is 29.4 Å². The third-order valence-electron chi connectivity index (χ3n) is 2.22. The number of rotatable bonds is 6. The quantitative estimate of drug-likeness (QED) is 0.813. The van der Waals surface area contributed by atoms with Gasteiger partial charge < -0.3 is 5.73 Å². The molecule has 6 heteroatoms. The maximum atomic E-state index is 11.6. The number of nitrogens with two attached hydrogens (primary N) is 1. The second kappa shape index (κ2) is 6.66. The van der Waals surface area contributed by atoms with Gasteiger partial charge in [0.05, 0.1) is 6.04 Å². The van der Waals surface area contributed by atoms with E-state index in [1.165, 1.54) is 11.3 Å². The fourth-order valence-electron chi connectivity index (χ4n) is 1.38. The monoisotopic (exact) mass is 256 g/mol. The lowest BCUT2D eigenvalue weighted by Gasteiger charge is -2.08. The Morgan fingerprint density at radius 3 is 2.76 bits per heavy atom. The maximum absolute atomic E-state index is 11.6. The van der Waals surface area contributed by atoms with E-state index in [-0.39, 0.29) is 5.91 Å². The number of carbonyl (C=O) groups excluding carboxylic acids is 1. The van der Waals surface area contributed by atoms with E-state index in [1.807, 2.05) is 6.92 Å². The Kier molecular flexibility index (Phi) is 5.50. The van der Waals surface area contributed by atoms with Crippen LogP contribution in [-0.2, 0) is 11.2 Å². The molecular formula is C11H20N4OS. The largest absolute Gasteiger partial charge is 0.320 e. The lowest BCUT2D eigenvalue weighted by atomic mass is 10.1. The Bertz CT molecular complexity index is 364. The minimum absolute atomic E-state index is 0.181. The third-order valence-corrected chi connectivity index (χ3v) is 3.08.